The Morgan fingerprint density at radius 2 is 2.31 bits per heavy atom. The second-order valence-corrected chi connectivity index (χ2v) is 3.52. The van der Waals surface area contributed by atoms with E-state index in [9.17, 15) is 0 Å². The van der Waals surface area contributed by atoms with Gasteiger partial charge in [-0.1, -0.05) is 12.8 Å². The summed E-state index contributed by atoms with van der Waals surface area (Å²) in [6, 6.07) is 0. The third kappa shape index (κ3) is 2.06. The minimum atomic E-state index is 0.455. The van der Waals surface area contributed by atoms with Gasteiger partial charge in [-0.2, -0.15) is 5.10 Å². The van der Waals surface area contributed by atoms with Crippen molar-refractivity contribution in [1.29, 1.82) is 0 Å². The third-order valence-corrected chi connectivity index (χ3v) is 2.56. The Balaban J connectivity index is 1.82. The fourth-order valence-corrected chi connectivity index (χ4v) is 1.70. The van der Waals surface area contributed by atoms with Crippen molar-refractivity contribution in [2.75, 3.05) is 0 Å². The average Bonchev–Trinajstić information content (AvgIpc) is 2.72. The van der Waals surface area contributed by atoms with Crippen LogP contribution in [0.5, 0.6) is 0 Å². The Kier molecular flexibility index (Phi) is 2.59. The van der Waals surface area contributed by atoms with Gasteiger partial charge in [-0.25, -0.2) is 4.98 Å². The maximum absolute atomic E-state index is 5.70. The summed E-state index contributed by atoms with van der Waals surface area (Å²) >= 11 is 0. The lowest BCUT2D eigenvalue weighted by Crippen LogP contribution is -2.10. The number of aromatic nitrogens is 3. The highest BCUT2D eigenvalue weighted by Crippen LogP contribution is 2.21. The van der Waals surface area contributed by atoms with Crippen molar-refractivity contribution in [3.8, 4) is 0 Å². The lowest BCUT2D eigenvalue weighted by molar-refractivity contribution is 0.0401. The molecule has 1 aliphatic rings. The van der Waals surface area contributed by atoms with Gasteiger partial charge in [-0.05, 0) is 12.8 Å². The largest absolute Gasteiger partial charge is 0.370 e. The lowest BCUT2D eigenvalue weighted by atomic mass is 10.3. The average molecular weight is 181 g/mol. The highest BCUT2D eigenvalue weighted by Gasteiger charge is 2.15. The Morgan fingerprint density at radius 1 is 1.54 bits per heavy atom. The van der Waals surface area contributed by atoms with E-state index in [2.05, 4.69) is 10.1 Å². The van der Waals surface area contributed by atoms with Crippen LogP contribution in [0.4, 0.5) is 0 Å². The zero-order valence-corrected chi connectivity index (χ0v) is 7.94. The van der Waals surface area contributed by atoms with Crippen LogP contribution in [0.1, 0.15) is 31.5 Å². The molecule has 1 saturated carbocycles. The third-order valence-electron chi connectivity index (χ3n) is 2.56. The molecule has 1 heterocycles. The molecule has 1 aliphatic carbocycles. The minimum Gasteiger partial charge on any atom is -0.370 e. The number of nitrogens with zero attached hydrogens (tertiary/aromatic N) is 3. The van der Waals surface area contributed by atoms with Crippen LogP contribution in [0.25, 0.3) is 0 Å². The predicted octanol–water partition coefficient (Wildman–Crippen LogP) is 1.27. The van der Waals surface area contributed by atoms with Crippen LogP contribution in [0.15, 0.2) is 6.33 Å². The number of ether oxygens (including phenoxy) is 1. The quantitative estimate of drug-likeness (QED) is 0.705. The maximum Gasteiger partial charge on any atom is 0.152 e. The van der Waals surface area contributed by atoms with Crippen LogP contribution in [0.2, 0.25) is 0 Å². The van der Waals surface area contributed by atoms with Crippen molar-refractivity contribution in [3.63, 3.8) is 0 Å². The molecule has 72 valence electrons. The van der Waals surface area contributed by atoms with Gasteiger partial charge in [-0.15, -0.1) is 0 Å². The van der Waals surface area contributed by atoms with Crippen molar-refractivity contribution in [3.05, 3.63) is 12.2 Å². The number of aryl methyl sites for hydroxylation is 1. The molecule has 1 aromatic heterocycles. The van der Waals surface area contributed by atoms with Gasteiger partial charge in [0, 0.05) is 7.05 Å². The van der Waals surface area contributed by atoms with Gasteiger partial charge in [0.25, 0.3) is 0 Å². The fraction of sp³-hybridized carbons (Fsp3) is 0.778. The topological polar surface area (TPSA) is 39.9 Å². The molecule has 0 aromatic carbocycles. The molecule has 0 N–H and O–H groups in total. The molecule has 1 fully saturated rings. The normalized spacial score (nSPS) is 18.2. The van der Waals surface area contributed by atoms with Gasteiger partial charge in [-0.3, -0.25) is 4.68 Å². The van der Waals surface area contributed by atoms with Crippen molar-refractivity contribution < 1.29 is 4.74 Å². The number of hydrogen-bond donors (Lipinski definition) is 0. The molecule has 4 heteroatoms. The first-order valence-electron chi connectivity index (χ1n) is 4.81. The maximum atomic E-state index is 5.70. The SMILES string of the molecule is Cn1ncnc1COC1CCCC1. The van der Waals surface area contributed by atoms with Crippen molar-refractivity contribution in [2.45, 2.75) is 38.4 Å². The lowest BCUT2D eigenvalue weighted by Gasteiger charge is -2.09. The molecule has 0 atom stereocenters. The monoisotopic (exact) mass is 181 g/mol. The van der Waals surface area contributed by atoms with E-state index in [1.165, 1.54) is 25.7 Å². The van der Waals surface area contributed by atoms with E-state index < -0.39 is 0 Å². The Hall–Kier alpha value is -0.900. The molecule has 4 nitrogen and oxygen atoms in total. The molecule has 13 heavy (non-hydrogen) atoms. The van der Waals surface area contributed by atoms with Crippen LogP contribution in [-0.4, -0.2) is 20.9 Å². The minimum absolute atomic E-state index is 0.455. The Bertz CT molecular complexity index is 266. The molecule has 0 aliphatic heterocycles. The summed E-state index contributed by atoms with van der Waals surface area (Å²) in [5.41, 5.74) is 0. The summed E-state index contributed by atoms with van der Waals surface area (Å²) < 4.78 is 7.46. The van der Waals surface area contributed by atoms with E-state index >= 15 is 0 Å². The molecular weight excluding hydrogens is 166 g/mol. The van der Waals surface area contributed by atoms with Gasteiger partial charge in [0.2, 0.25) is 0 Å². The second-order valence-electron chi connectivity index (χ2n) is 3.52. The van der Waals surface area contributed by atoms with Crippen molar-refractivity contribution in [2.24, 2.45) is 7.05 Å². The number of hydrogen-bond acceptors (Lipinski definition) is 3. The molecule has 0 radical (unpaired) electrons. The van der Waals surface area contributed by atoms with Gasteiger partial charge in [0.1, 0.15) is 12.9 Å². The van der Waals surface area contributed by atoms with Gasteiger partial charge >= 0.3 is 0 Å². The first kappa shape index (κ1) is 8.69. The van der Waals surface area contributed by atoms with Gasteiger partial charge < -0.3 is 4.74 Å². The Morgan fingerprint density at radius 3 is 2.92 bits per heavy atom. The summed E-state index contributed by atoms with van der Waals surface area (Å²) in [6.45, 7) is 0.598. The first-order valence-corrected chi connectivity index (χ1v) is 4.81. The molecule has 0 spiro atoms. The molecule has 0 unspecified atom stereocenters. The van der Waals surface area contributed by atoms with E-state index in [0.29, 0.717) is 12.7 Å². The van der Waals surface area contributed by atoms with E-state index in [0.717, 1.165) is 5.82 Å². The molecule has 0 saturated heterocycles. The predicted molar refractivity (Wildman–Crippen MR) is 48.0 cm³/mol. The smallest absolute Gasteiger partial charge is 0.152 e. The summed E-state index contributed by atoms with van der Waals surface area (Å²) in [6.07, 6.45) is 7.05. The van der Waals surface area contributed by atoms with E-state index in [1.54, 1.807) is 11.0 Å². The number of rotatable bonds is 3. The summed E-state index contributed by atoms with van der Waals surface area (Å²) in [7, 11) is 1.89. The second kappa shape index (κ2) is 3.87. The summed E-state index contributed by atoms with van der Waals surface area (Å²) in [4.78, 5) is 4.10. The van der Waals surface area contributed by atoms with Crippen LogP contribution < -0.4 is 0 Å². The van der Waals surface area contributed by atoms with Crippen LogP contribution in [0.3, 0.4) is 0 Å². The van der Waals surface area contributed by atoms with Crippen LogP contribution in [-0.2, 0) is 18.4 Å². The first-order chi connectivity index (χ1) is 6.36. The molecule has 0 bridgehead atoms. The molecule has 1 aromatic rings. The zero-order valence-electron chi connectivity index (χ0n) is 7.94. The zero-order chi connectivity index (χ0) is 9.10. The molecular formula is C9H15N3O. The summed E-state index contributed by atoms with van der Waals surface area (Å²) in [5, 5.41) is 3.99. The molecule has 2 rings (SSSR count). The summed E-state index contributed by atoms with van der Waals surface area (Å²) in [5.74, 6) is 0.909. The standard InChI is InChI=1S/C9H15N3O/c1-12-9(10-7-11-12)6-13-8-4-2-3-5-8/h7-8H,2-6H2,1H3. The fourth-order valence-electron chi connectivity index (χ4n) is 1.70. The molecule has 0 amide bonds. The van der Waals surface area contributed by atoms with E-state index in [4.69, 9.17) is 4.74 Å². The van der Waals surface area contributed by atoms with Gasteiger partial charge in [0.15, 0.2) is 5.82 Å². The van der Waals surface area contributed by atoms with Crippen molar-refractivity contribution in [1.82, 2.24) is 14.8 Å². The van der Waals surface area contributed by atoms with E-state index in [-0.39, 0.29) is 0 Å². The Labute approximate surface area is 77.9 Å². The van der Waals surface area contributed by atoms with Gasteiger partial charge in [0.05, 0.1) is 6.10 Å². The van der Waals surface area contributed by atoms with Crippen LogP contribution >= 0.6 is 0 Å². The van der Waals surface area contributed by atoms with Crippen LogP contribution in [0, 0.1) is 0 Å². The van der Waals surface area contributed by atoms with E-state index in [1.807, 2.05) is 7.05 Å². The highest BCUT2D eigenvalue weighted by atomic mass is 16.5. The highest BCUT2D eigenvalue weighted by molar-refractivity contribution is 4.80. The van der Waals surface area contributed by atoms with Crippen molar-refractivity contribution >= 4 is 0 Å².